The molecule has 0 aromatic heterocycles. The van der Waals surface area contributed by atoms with Gasteiger partial charge in [0.2, 0.25) is 5.90 Å². The van der Waals surface area contributed by atoms with Gasteiger partial charge in [-0.05, 0) is 43.0 Å². The Morgan fingerprint density at radius 2 is 1.82 bits per heavy atom. The first-order chi connectivity index (χ1) is 10.6. The SMILES string of the molecule is CCCc1cc(-c2ccccc2)ccc1C1=NC(C)(C)CO1. The van der Waals surface area contributed by atoms with Gasteiger partial charge in [-0.2, -0.15) is 0 Å². The molecular formula is C20H23NO. The van der Waals surface area contributed by atoms with E-state index in [4.69, 9.17) is 9.73 Å². The van der Waals surface area contributed by atoms with Gasteiger partial charge in [-0.25, -0.2) is 4.99 Å². The van der Waals surface area contributed by atoms with Gasteiger partial charge in [-0.15, -0.1) is 0 Å². The highest BCUT2D eigenvalue weighted by Crippen LogP contribution is 2.27. The lowest BCUT2D eigenvalue weighted by Crippen LogP contribution is -2.17. The molecule has 0 amide bonds. The molecule has 0 N–H and O–H groups in total. The Balaban J connectivity index is 2.02. The fourth-order valence-electron chi connectivity index (χ4n) is 2.81. The van der Waals surface area contributed by atoms with Crippen LogP contribution >= 0.6 is 0 Å². The third-order valence-corrected chi connectivity index (χ3v) is 3.93. The van der Waals surface area contributed by atoms with Crippen LogP contribution in [0.25, 0.3) is 11.1 Å². The Kier molecular flexibility index (Phi) is 4.02. The maximum atomic E-state index is 5.84. The number of ether oxygens (including phenoxy) is 1. The Morgan fingerprint density at radius 1 is 1.05 bits per heavy atom. The van der Waals surface area contributed by atoms with Gasteiger partial charge in [0, 0.05) is 5.56 Å². The zero-order chi connectivity index (χ0) is 15.6. The second-order valence-electron chi connectivity index (χ2n) is 6.51. The van der Waals surface area contributed by atoms with Gasteiger partial charge < -0.3 is 4.74 Å². The molecule has 0 spiro atoms. The van der Waals surface area contributed by atoms with Crippen molar-refractivity contribution in [2.75, 3.05) is 6.61 Å². The molecule has 2 aromatic carbocycles. The molecule has 1 aliphatic rings. The molecule has 2 nitrogen and oxygen atoms in total. The van der Waals surface area contributed by atoms with Crippen molar-refractivity contribution in [3.8, 4) is 11.1 Å². The average Bonchev–Trinajstić information content (AvgIpc) is 2.88. The maximum Gasteiger partial charge on any atom is 0.217 e. The number of aryl methyl sites for hydroxylation is 1. The molecule has 0 saturated carbocycles. The largest absolute Gasteiger partial charge is 0.475 e. The molecule has 2 aromatic rings. The van der Waals surface area contributed by atoms with Gasteiger partial charge in [-0.1, -0.05) is 55.8 Å². The molecule has 0 aliphatic carbocycles. The van der Waals surface area contributed by atoms with Crippen molar-refractivity contribution in [1.29, 1.82) is 0 Å². The number of aliphatic imine (C=N–C) groups is 1. The molecular weight excluding hydrogens is 270 g/mol. The summed E-state index contributed by atoms with van der Waals surface area (Å²) in [5.74, 6) is 0.799. The first-order valence-corrected chi connectivity index (χ1v) is 8.00. The normalized spacial score (nSPS) is 16.2. The number of rotatable bonds is 4. The van der Waals surface area contributed by atoms with Crippen LogP contribution in [0.15, 0.2) is 53.5 Å². The lowest BCUT2D eigenvalue weighted by molar-refractivity contribution is 0.279. The third-order valence-electron chi connectivity index (χ3n) is 3.93. The molecule has 0 saturated heterocycles. The molecule has 0 bridgehead atoms. The Morgan fingerprint density at radius 3 is 2.45 bits per heavy atom. The summed E-state index contributed by atoms with van der Waals surface area (Å²) in [5, 5.41) is 0. The average molecular weight is 293 g/mol. The highest BCUT2D eigenvalue weighted by molar-refractivity contribution is 5.97. The molecule has 22 heavy (non-hydrogen) atoms. The van der Waals surface area contributed by atoms with Crippen LogP contribution in [0.2, 0.25) is 0 Å². The minimum absolute atomic E-state index is 0.114. The van der Waals surface area contributed by atoms with E-state index in [9.17, 15) is 0 Å². The monoisotopic (exact) mass is 293 g/mol. The molecule has 2 heteroatoms. The molecule has 0 fully saturated rings. The molecule has 0 unspecified atom stereocenters. The van der Waals surface area contributed by atoms with Gasteiger partial charge in [0.15, 0.2) is 0 Å². The van der Waals surface area contributed by atoms with E-state index in [1.165, 1.54) is 16.7 Å². The summed E-state index contributed by atoms with van der Waals surface area (Å²) in [7, 11) is 0. The van der Waals surface area contributed by atoms with Crippen molar-refractivity contribution >= 4 is 5.90 Å². The minimum atomic E-state index is -0.114. The van der Waals surface area contributed by atoms with Crippen molar-refractivity contribution in [2.45, 2.75) is 39.2 Å². The summed E-state index contributed by atoms with van der Waals surface area (Å²) in [6.07, 6.45) is 2.15. The Labute approximate surface area is 132 Å². The van der Waals surface area contributed by atoms with Crippen LogP contribution in [0.5, 0.6) is 0 Å². The van der Waals surface area contributed by atoms with E-state index >= 15 is 0 Å². The lowest BCUT2D eigenvalue weighted by Gasteiger charge is -2.11. The van der Waals surface area contributed by atoms with Crippen LogP contribution in [0.4, 0.5) is 0 Å². The van der Waals surface area contributed by atoms with Crippen LogP contribution in [-0.2, 0) is 11.2 Å². The number of hydrogen-bond acceptors (Lipinski definition) is 2. The van der Waals surface area contributed by atoms with Crippen molar-refractivity contribution in [3.05, 3.63) is 59.7 Å². The molecule has 0 atom stereocenters. The van der Waals surface area contributed by atoms with E-state index in [0.717, 1.165) is 24.3 Å². The van der Waals surface area contributed by atoms with Gasteiger partial charge >= 0.3 is 0 Å². The molecule has 3 rings (SSSR count). The summed E-state index contributed by atoms with van der Waals surface area (Å²) in [4.78, 5) is 4.73. The smallest absolute Gasteiger partial charge is 0.217 e. The third kappa shape index (κ3) is 3.06. The van der Waals surface area contributed by atoms with Gasteiger partial charge in [0.25, 0.3) is 0 Å². The first kappa shape index (κ1) is 14.8. The van der Waals surface area contributed by atoms with E-state index < -0.39 is 0 Å². The van der Waals surface area contributed by atoms with Crippen molar-refractivity contribution < 1.29 is 4.74 Å². The molecule has 1 heterocycles. The fraction of sp³-hybridized carbons (Fsp3) is 0.350. The summed E-state index contributed by atoms with van der Waals surface area (Å²) >= 11 is 0. The first-order valence-electron chi connectivity index (χ1n) is 8.00. The fourth-order valence-corrected chi connectivity index (χ4v) is 2.81. The maximum absolute atomic E-state index is 5.84. The predicted octanol–water partition coefficient (Wildman–Crippen LogP) is 4.86. The van der Waals surface area contributed by atoms with Crippen LogP contribution in [0.3, 0.4) is 0 Å². The topological polar surface area (TPSA) is 21.6 Å². The highest BCUT2D eigenvalue weighted by Gasteiger charge is 2.28. The second-order valence-corrected chi connectivity index (χ2v) is 6.51. The van der Waals surface area contributed by atoms with E-state index in [1.807, 2.05) is 6.07 Å². The Hall–Kier alpha value is -2.09. The van der Waals surface area contributed by atoms with Gasteiger partial charge in [-0.3, -0.25) is 0 Å². The molecule has 1 aliphatic heterocycles. The number of hydrogen-bond donors (Lipinski definition) is 0. The predicted molar refractivity (Wildman–Crippen MR) is 92.4 cm³/mol. The number of nitrogens with zero attached hydrogens (tertiary/aromatic N) is 1. The quantitative estimate of drug-likeness (QED) is 0.788. The van der Waals surface area contributed by atoms with Gasteiger partial charge in [0.05, 0.1) is 5.54 Å². The van der Waals surface area contributed by atoms with E-state index in [1.54, 1.807) is 0 Å². The van der Waals surface area contributed by atoms with E-state index in [0.29, 0.717) is 6.61 Å². The summed E-state index contributed by atoms with van der Waals surface area (Å²) < 4.78 is 5.84. The van der Waals surface area contributed by atoms with Crippen molar-refractivity contribution in [3.63, 3.8) is 0 Å². The summed E-state index contributed by atoms with van der Waals surface area (Å²) in [6, 6.07) is 17.1. The minimum Gasteiger partial charge on any atom is -0.475 e. The van der Waals surface area contributed by atoms with Gasteiger partial charge in [0.1, 0.15) is 6.61 Å². The molecule has 114 valence electrons. The van der Waals surface area contributed by atoms with Crippen molar-refractivity contribution in [1.82, 2.24) is 0 Å². The highest BCUT2D eigenvalue weighted by atomic mass is 16.5. The zero-order valence-electron chi connectivity index (χ0n) is 13.6. The van der Waals surface area contributed by atoms with E-state index in [2.05, 4.69) is 63.2 Å². The van der Waals surface area contributed by atoms with Crippen LogP contribution < -0.4 is 0 Å². The lowest BCUT2D eigenvalue weighted by atomic mass is 9.96. The van der Waals surface area contributed by atoms with Crippen molar-refractivity contribution in [2.24, 2.45) is 4.99 Å². The van der Waals surface area contributed by atoms with Crippen LogP contribution in [0, 0.1) is 0 Å². The van der Waals surface area contributed by atoms with E-state index in [-0.39, 0.29) is 5.54 Å². The second kappa shape index (κ2) is 5.96. The Bertz CT molecular complexity index is 686. The zero-order valence-corrected chi connectivity index (χ0v) is 13.6. The standard InChI is InChI=1S/C20H23NO/c1-4-8-17-13-16(15-9-6-5-7-10-15)11-12-18(17)19-21-20(2,3)14-22-19/h5-7,9-13H,4,8,14H2,1-3H3. The molecule has 0 radical (unpaired) electrons. The number of benzene rings is 2. The van der Waals surface area contributed by atoms with Crippen LogP contribution in [0.1, 0.15) is 38.3 Å². The summed E-state index contributed by atoms with van der Waals surface area (Å²) in [5.41, 5.74) is 4.86. The van der Waals surface area contributed by atoms with Crippen LogP contribution in [-0.4, -0.2) is 18.0 Å². The summed E-state index contributed by atoms with van der Waals surface area (Å²) in [6.45, 7) is 7.09.